The summed E-state index contributed by atoms with van der Waals surface area (Å²) in [5.41, 5.74) is 1.02. The highest BCUT2D eigenvalue weighted by Crippen LogP contribution is 2.24. The quantitative estimate of drug-likeness (QED) is 0.534. The van der Waals surface area contributed by atoms with Crippen LogP contribution >= 0.6 is 0 Å². The van der Waals surface area contributed by atoms with Gasteiger partial charge in [-0.1, -0.05) is 0 Å². The van der Waals surface area contributed by atoms with Gasteiger partial charge in [-0.3, -0.25) is 10.1 Å². The van der Waals surface area contributed by atoms with Gasteiger partial charge in [0.05, 0.1) is 17.1 Å². The minimum atomic E-state index is -0.469. The molecule has 2 rings (SSSR count). The summed E-state index contributed by atoms with van der Waals surface area (Å²) < 4.78 is 0. The molecule has 0 aliphatic carbocycles. The van der Waals surface area contributed by atoms with E-state index in [1.807, 2.05) is 0 Å². The fourth-order valence-corrected chi connectivity index (χ4v) is 1.97. The van der Waals surface area contributed by atoms with E-state index in [9.17, 15) is 10.1 Å². The number of rotatable bonds is 4. The molecule has 1 saturated heterocycles. The first-order valence-electron chi connectivity index (χ1n) is 5.56. The monoisotopic (exact) mass is 237 g/mol. The highest BCUT2D eigenvalue weighted by Gasteiger charge is 2.17. The summed E-state index contributed by atoms with van der Waals surface area (Å²) in [5, 5.41) is 26.3. The summed E-state index contributed by atoms with van der Waals surface area (Å²) in [6.07, 6.45) is 1.01. The fraction of sp³-hybridized carbons (Fsp3) is 0.455. The van der Waals surface area contributed by atoms with Crippen LogP contribution in [0.3, 0.4) is 0 Å². The molecular weight excluding hydrogens is 222 g/mol. The molecule has 17 heavy (non-hydrogen) atoms. The molecule has 6 heteroatoms. The van der Waals surface area contributed by atoms with Crippen molar-refractivity contribution in [2.45, 2.75) is 19.1 Å². The number of anilines is 1. The molecule has 0 amide bonds. The molecule has 1 aliphatic rings. The van der Waals surface area contributed by atoms with Gasteiger partial charge in [-0.05, 0) is 25.1 Å². The van der Waals surface area contributed by atoms with Gasteiger partial charge in [0.25, 0.3) is 5.69 Å². The number of hydrogen-bond acceptors (Lipinski definition) is 5. The van der Waals surface area contributed by atoms with Crippen LogP contribution in [-0.4, -0.2) is 29.2 Å². The van der Waals surface area contributed by atoms with Gasteiger partial charge < -0.3 is 15.7 Å². The summed E-state index contributed by atoms with van der Waals surface area (Å²) in [6, 6.07) is 5.14. The first-order valence-corrected chi connectivity index (χ1v) is 5.56. The van der Waals surface area contributed by atoms with Crippen molar-refractivity contribution >= 4 is 11.4 Å². The highest BCUT2D eigenvalue weighted by atomic mass is 16.6. The molecule has 0 aromatic heterocycles. The van der Waals surface area contributed by atoms with Crippen molar-refractivity contribution in [3.05, 3.63) is 33.9 Å². The van der Waals surface area contributed by atoms with Gasteiger partial charge in [0.1, 0.15) is 0 Å². The van der Waals surface area contributed by atoms with Gasteiger partial charge in [-0.15, -0.1) is 0 Å². The average Bonchev–Trinajstić information content (AvgIpc) is 2.81. The van der Waals surface area contributed by atoms with E-state index in [0.29, 0.717) is 11.6 Å². The average molecular weight is 237 g/mol. The van der Waals surface area contributed by atoms with Crippen LogP contribution in [0.25, 0.3) is 0 Å². The Morgan fingerprint density at radius 3 is 3.00 bits per heavy atom. The lowest BCUT2D eigenvalue weighted by Gasteiger charge is -2.13. The second-order valence-corrected chi connectivity index (χ2v) is 4.09. The van der Waals surface area contributed by atoms with Gasteiger partial charge in [0.15, 0.2) is 0 Å². The number of nitrogens with one attached hydrogen (secondary N) is 2. The Labute approximate surface area is 98.8 Å². The maximum atomic E-state index is 10.8. The molecule has 0 radical (unpaired) electrons. The molecule has 1 atom stereocenters. The van der Waals surface area contributed by atoms with E-state index in [2.05, 4.69) is 10.6 Å². The summed E-state index contributed by atoms with van der Waals surface area (Å²) in [7, 11) is 0. The van der Waals surface area contributed by atoms with E-state index in [4.69, 9.17) is 5.11 Å². The fourth-order valence-electron chi connectivity index (χ4n) is 1.97. The Kier molecular flexibility index (Phi) is 3.55. The number of nitro groups is 1. The zero-order valence-corrected chi connectivity index (χ0v) is 9.35. The molecular formula is C11H15N3O3. The van der Waals surface area contributed by atoms with Crippen molar-refractivity contribution < 1.29 is 10.0 Å². The predicted molar refractivity (Wildman–Crippen MR) is 63.9 cm³/mol. The SMILES string of the molecule is O=[N+]([O-])c1cc(N[C@H]2CCNC2)ccc1CO. The van der Waals surface area contributed by atoms with Crippen molar-refractivity contribution in [2.75, 3.05) is 18.4 Å². The van der Waals surface area contributed by atoms with Crippen molar-refractivity contribution in [1.82, 2.24) is 5.32 Å². The molecule has 0 unspecified atom stereocenters. The summed E-state index contributed by atoms with van der Waals surface area (Å²) in [5.74, 6) is 0. The van der Waals surface area contributed by atoms with Crippen LogP contribution in [0.15, 0.2) is 18.2 Å². The second kappa shape index (κ2) is 5.11. The van der Waals surface area contributed by atoms with E-state index in [1.54, 1.807) is 12.1 Å². The van der Waals surface area contributed by atoms with Crippen LogP contribution in [0, 0.1) is 10.1 Å². The van der Waals surface area contributed by atoms with E-state index in [0.717, 1.165) is 25.2 Å². The Morgan fingerprint density at radius 1 is 1.59 bits per heavy atom. The lowest BCUT2D eigenvalue weighted by atomic mass is 10.1. The number of benzene rings is 1. The summed E-state index contributed by atoms with van der Waals surface area (Å²) in [6.45, 7) is 1.52. The molecule has 0 spiro atoms. The normalized spacial score (nSPS) is 19.2. The smallest absolute Gasteiger partial charge is 0.276 e. The number of aliphatic hydroxyl groups excluding tert-OH is 1. The standard InChI is InChI=1S/C11H15N3O3/c15-7-8-1-2-9(5-11(8)14(16)17)13-10-3-4-12-6-10/h1-2,5,10,12-13,15H,3-4,6-7H2/t10-/m0/s1. The first kappa shape index (κ1) is 11.8. The molecule has 1 fully saturated rings. The molecule has 6 nitrogen and oxygen atoms in total. The third-order valence-corrected chi connectivity index (χ3v) is 2.88. The van der Waals surface area contributed by atoms with Gasteiger partial charge in [0, 0.05) is 24.3 Å². The van der Waals surface area contributed by atoms with Crippen LogP contribution < -0.4 is 10.6 Å². The molecule has 3 N–H and O–H groups in total. The van der Waals surface area contributed by atoms with Crippen molar-refractivity contribution in [3.8, 4) is 0 Å². The largest absolute Gasteiger partial charge is 0.391 e. The predicted octanol–water partition coefficient (Wildman–Crippen LogP) is 0.861. The van der Waals surface area contributed by atoms with E-state index >= 15 is 0 Å². The molecule has 1 aromatic rings. The van der Waals surface area contributed by atoms with Gasteiger partial charge in [-0.2, -0.15) is 0 Å². The minimum absolute atomic E-state index is 0.0385. The molecule has 0 saturated carbocycles. The number of nitro benzene ring substituents is 1. The number of aliphatic hydroxyl groups is 1. The van der Waals surface area contributed by atoms with Crippen LogP contribution in [0.2, 0.25) is 0 Å². The van der Waals surface area contributed by atoms with E-state index in [-0.39, 0.29) is 12.3 Å². The topological polar surface area (TPSA) is 87.4 Å². The van der Waals surface area contributed by atoms with E-state index < -0.39 is 4.92 Å². The molecule has 1 aromatic carbocycles. The Balaban J connectivity index is 2.17. The van der Waals surface area contributed by atoms with Crippen LogP contribution in [0.5, 0.6) is 0 Å². The first-order chi connectivity index (χ1) is 8.20. The lowest BCUT2D eigenvalue weighted by Crippen LogP contribution is -2.22. The molecule has 1 aliphatic heterocycles. The zero-order valence-electron chi connectivity index (χ0n) is 9.35. The van der Waals surface area contributed by atoms with Crippen LogP contribution in [-0.2, 0) is 6.61 Å². The Hall–Kier alpha value is -1.66. The molecule has 1 heterocycles. The molecule has 92 valence electrons. The molecule has 0 bridgehead atoms. The minimum Gasteiger partial charge on any atom is -0.391 e. The van der Waals surface area contributed by atoms with Crippen molar-refractivity contribution in [3.63, 3.8) is 0 Å². The van der Waals surface area contributed by atoms with Crippen LogP contribution in [0.1, 0.15) is 12.0 Å². The number of hydrogen-bond donors (Lipinski definition) is 3. The Bertz CT molecular complexity index is 416. The summed E-state index contributed by atoms with van der Waals surface area (Å²) >= 11 is 0. The van der Waals surface area contributed by atoms with E-state index in [1.165, 1.54) is 6.07 Å². The van der Waals surface area contributed by atoms with Crippen LogP contribution in [0.4, 0.5) is 11.4 Å². The third kappa shape index (κ3) is 2.72. The summed E-state index contributed by atoms with van der Waals surface area (Å²) in [4.78, 5) is 10.4. The maximum Gasteiger partial charge on any atom is 0.276 e. The third-order valence-electron chi connectivity index (χ3n) is 2.88. The van der Waals surface area contributed by atoms with Gasteiger partial charge >= 0.3 is 0 Å². The van der Waals surface area contributed by atoms with Gasteiger partial charge in [0.2, 0.25) is 0 Å². The number of nitrogens with zero attached hydrogens (tertiary/aromatic N) is 1. The van der Waals surface area contributed by atoms with Gasteiger partial charge in [-0.25, -0.2) is 0 Å². The maximum absolute atomic E-state index is 10.8. The second-order valence-electron chi connectivity index (χ2n) is 4.09. The zero-order chi connectivity index (χ0) is 12.3. The lowest BCUT2D eigenvalue weighted by molar-refractivity contribution is -0.385. The van der Waals surface area contributed by atoms with Crippen molar-refractivity contribution in [2.24, 2.45) is 0 Å². The Morgan fingerprint density at radius 2 is 2.41 bits per heavy atom. The van der Waals surface area contributed by atoms with Crippen molar-refractivity contribution in [1.29, 1.82) is 0 Å². The highest BCUT2D eigenvalue weighted by molar-refractivity contribution is 5.55.